The molecule has 28 heavy (non-hydrogen) atoms. The van der Waals surface area contributed by atoms with Gasteiger partial charge in [-0.25, -0.2) is 4.39 Å². The maximum atomic E-state index is 13.1. The lowest BCUT2D eigenvalue weighted by atomic mass is 9.98. The van der Waals surface area contributed by atoms with E-state index in [0.717, 1.165) is 5.56 Å². The molecule has 0 radical (unpaired) electrons. The number of amides is 3. The highest BCUT2D eigenvalue weighted by molar-refractivity contribution is 5.99. The third-order valence-electron chi connectivity index (χ3n) is 5.38. The number of carbonyl (C=O) groups is 3. The van der Waals surface area contributed by atoms with Crippen LogP contribution in [0, 0.1) is 5.82 Å². The van der Waals surface area contributed by atoms with Crippen LogP contribution in [0.2, 0.25) is 0 Å². The average Bonchev–Trinajstić information content (AvgIpc) is 3.12. The first kappa shape index (κ1) is 18.2. The Labute approximate surface area is 161 Å². The Bertz CT molecular complexity index is 924. The van der Waals surface area contributed by atoms with Crippen molar-refractivity contribution >= 4 is 17.7 Å². The summed E-state index contributed by atoms with van der Waals surface area (Å²) >= 11 is 0. The molecule has 2 aliphatic rings. The predicted molar refractivity (Wildman–Crippen MR) is 98.9 cm³/mol. The van der Waals surface area contributed by atoms with Crippen LogP contribution >= 0.6 is 0 Å². The van der Waals surface area contributed by atoms with E-state index in [1.807, 2.05) is 0 Å². The highest BCUT2D eigenvalue weighted by Gasteiger charge is 2.44. The summed E-state index contributed by atoms with van der Waals surface area (Å²) in [6.07, 6.45) is 2.10. The van der Waals surface area contributed by atoms with Crippen molar-refractivity contribution in [3.8, 4) is 0 Å². The van der Waals surface area contributed by atoms with Crippen LogP contribution in [0.1, 0.15) is 16.1 Å². The molecule has 1 aromatic carbocycles. The van der Waals surface area contributed by atoms with Crippen LogP contribution in [0.25, 0.3) is 0 Å². The van der Waals surface area contributed by atoms with E-state index in [2.05, 4.69) is 5.32 Å². The van der Waals surface area contributed by atoms with Crippen molar-refractivity contribution in [2.75, 3.05) is 19.6 Å². The Morgan fingerprint density at radius 3 is 2.61 bits per heavy atom. The number of rotatable bonds is 3. The molecule has 3 amide bonds. The molecule has 2 aliphatic heterocycles. The fourth-order valence-electron chi connectivity index (χ4n) is 3.83. The summed E-state index contributed by atoms with van der Waals surface area (Å²) in [4.78, 5) is 41.4. The first-order valence-corrected chi connectivity index (χ1v) is 9.20. The van der Waals surface area contributed by atoms with Crippen LogP contribution in [0.4, 0.5) is 4.39 Å². The van der Waals surface area contributed by atoms with Crippen LogP contribution in [0.3, 0.4) is 0 Å². The molecule has 8 heteroatoms. The zero-order valence-electron chi connectivity index (χ0n) is 15.5. The Morgan fingerprint density at radius 1 is 1.18 bits per heavy atom. The van der Waals surface area contributed by atoms with E-state index in [1.54, 1.807) is 51.9 Å². The molecule has 2 atom stereocenters. The van der Waals surface area contributed by atoms with Gasteiger partial charge in [0.2, 0.25) is 11.8 Å². The number of piperazine rings is 2. The molecule has 0 unspecified atom stereocenters. The molecule has 1 N–H and O–H groups in total. The van der Waals surface area contributed by atoms with Gasteiger partial charge in [-0.15, -0.1) is 0 Å². The Kier molecular flexibility index (Phi) is 4.62. The Balaban J connectivity index is 1.46. The number of hydrogen-bond donors (Lipinski definition) is 1. The molecule has 3 heterocycles. The second kappa shape index (κ2) is 7.10. The minimum atomic E-state index is -0.685. The highest BCUT2D eigenvalue weighted by Crippen LogP contribution is 2.20. The van der Waals surface area contributed by atoms with E-state index in [4.69, 9.17) is 0 Å². The van der Waals surface area contributed by atoms with Crippen LogP contribution in [-0.2, 0) is 23.1 Å². The number of benzene rings is 1. The molecule has 2 fully saturated rings. The number of fused-ring (bicyclic) bond motifs is 1. The SMILES string of the molecule is Cn1cccc1C(=O)N1CCN2C(=O)[C@H](Cc3ccc(F)cc3)NC(=O)[C@@H]2C1. The smallest absolute Gasteiger partial charge is 0.270 e. The molecule has 4 rings (SSSR count). The van der Waals surface area contributed by atoms with Gasteiger partial charge in [0.25, 0.3) is 5.91 Å². The topological polar surface area (TPSA) is 74.7 Å². The lowest BCUT2D eigenvalue weighted by molar-refractivity contribution is -0.152. The molecule has 0 bridgehead atoms. The summed E-state index contributed by atoms with van der Waals surface area (Å²) in [6.45, 7) is 0.862. The fraction of sp³-hybridized carbons (Fsp3) is 0.350. The van der Waals surface area contributed by atoms with E-state index < -0.39 is 12.1 Å². The van der Waals surface area contributed by atoms with E-state index in [9.17, 15) is 18.8 Å². The Morgan fingerprint density at radius 2 is 1.93 bits per heavy atom. The van der Waals surface area contributed by atoms with Gasteiger partial charge in [-0.1, -0.05) is 12.1 Å². The number of hydrogen-bond acceptors (Lipinski definition) is 3. The molecule has 2 aromatic rings. The molecule has 0 aliphatic carbocycles. The average molecular weight is 384 g/mol. The van der Waals surface area contributed by atoms with Crippen molar-refractivity contribution < 1.29 is 18.8 Å². The van der Waals surface area contributed by atoms with Crippen LogP contribution in [0.5, 0.6) is 0 Å². The third kappa shape index (κ3) is 3.26. The number of halogens is 1. The van der Waals surface area contributed by atoms with Gasteiger partial charge in [-0.2, -0.15) is 0 Å². The van der Waals surface area contributed by atoms with E-state index in [0.29, 0.717) is 25.2 Å². The van der Waals surface area contributed by atoms with E-state index in [1.165, 1.54) is 12.1 Å². The fourth-order valence-corrected chi connectivity index (χ4v) is 3.83. The summed E-state index contributed by atoms with van der Waals surface area (Å²) in [7, 11) is 1.79. The zero-order chi connectivity index (χ0) is 19.8. The maximum absolute atomic E-state index is 13.1. The quantitative estimate of drug-likeness (QED) is 0.840. The highest BCUT2D eigenvalue weighted by atomic mass is 19.1. The van der Waals surface area contributed by atoms with Crippen molar-refractivity contribution in [3.05, 3.63) is 59.7 Å². The minimum absolute atomic E-state index is 0.152. The first-order chi connectivity index (χ1) is 13.4. The molecule has 2 saturated heterocycles. The summed E-state index contributed by atoms with van der Waals surface area (Å²) in [5, 5.41) is 2.77. The van der Waals surface area contributed by atoms with Gasteiger partial charge in [0.15, 0.2) is 0 Å². The molecule has 1 aromatic heterocycles. The van der Waals surface area contributed by atoms with Gasteiger partial charge in [-0.05, 0) is 29.8 Å². The van der Waals surface area contributed by atoms with Crippen molar-refractivity contribution in [1.29, 1.82) is 0 Å². The number of aromatic nitrogens is 1. The van der Waals surface area contributed by atoms with E-state index in [-0.39, 0.29) is 30.1 Å². The summed E-state index contributed by atoms with van der Waals surface area (Å²) in [5.74, 6) is -0.932. The lowest BCUT2D eigenvalue weighted by Crippen LogP contribution is -2.70. The van der Waals surface area contributed by atoms with Gasteiger partial charge < -0.3 is 19.7 Å². The molecule has 0 spiro atoms. The summed E-state index contributed by atoms with van der Waals surface area (Å²) < 4.78 is 14.8. The molecular weight excluding hydrogens is 363 g/mol. The normalized spacial score (nSPS) is 22.1. The summed E-state index contributed by atoms with van der Waals surface area (Å²) in [6, 6.07) is 8.05. The molecule has 146 valence electrons. The van der Waals surface area contributed by atoms with Crippen LogP contribution < -0.4 is 5.32 Å². The van der Waals surface area contributed by atoms with Gasteiger partial charge in [-0.3, -0.25) is 14.4 Å². The second-order valence-electron chi connectivity index (χ2n) is 7.19. The first-order valence-electron chi connectivity index (χ1n) is 9.20. The number of nitrogens with one attached hydrogen (secondary N) is 1. The molecule has 7 nitrogen and oxygen atoms in total. The van der Waals surface area contributed by atoms with Gasteiger partial charge in [0, 0.05) is 32.8 Å². The van der Waals surface area contributed by atoms with E-state index >= 15 is 0 Å². The van der Waals surface area contributed by atoms with Crippen molar-refractivity contribution in [2.24, 2.45) is 7.05 Å². The monoisotopic (exact) mass is 384 g/mol. The standard InChI is InChI=1S/C20H21FN4O3/c1-23-8-2-3-16(23)20(28)24-9-10-25-17(12-24)18(26)22-15(19(25)27)11-13-4-6-14(21)7-5-13/h2-8,15,17H,9-12H2,1H3,(H,22,26)/t15-,17-/m0/s1. The van der Waals surface area contributed by atoms with Crippen molar-refractivity contribution in [1.82, 2.24) is 19.7 Å². The van der Waals surface area contributed by atoms with Crippen LogP contribution in [-0.4, -0.2) is 63.8 Å². The van der Waals surface area contributed by atoms with Crippen molar-refractivity contribution in [2.45, 2.75) is 18.5 Å². The predicted octanol–water partition coefficient (Wildman–Crippen LogP) is 0.558. The number of carbonyl (C=O) groups excluding carboxylic acids is 3. The van der Waals surface area contributed by atoms with Crippen molar-refractivity contribution in [3.63, 3.8) is 0 Å². The Hall–Kier alpha value is -3.16. The lowest BCUT2D eigenvalue weighted by Gasteiger charge is -2.45. The van der Waals surface area contributed by atoms with Gasteiger partial charge in [0.05, 0.1) is 6.54 Å². The summed E-state index contributed by atoms with van der Waals surface area (Å²) in [5.41, 5.74) is 1.32. The maximum Gasteiger partial charge on any atom is 0.270 e. The molecule has 0 saturated carbocycles. The number of nitrogens with zero attached hydrogens (tertiary/aromatic N) is 3. The van der Waals surface area contributed by atoms with Crippen LogP contribution in [0.15, 0.2) is 42.6 Å². The van der Waals surface area contributed by atoms with Gasteiger partial charge >= 0.3 is 0 Å². The minimum Gasteiger partial charge on any atom is -0.347 e. The number of aryl methyl sites for hydroxylation is 1. The second-order valence-corrected chi connectivity index (χ2v) is 7.19. The zero-order valence-corrected chi connectivity index (χ0v) is 15.5. The van der Waals surface area contributed by atoms with Gasteiger partial charge in [0.1, 0.15) is 23.6 Å². The molecular formula is C20H21FN4O3. The largest absolute Gasteiger partial charge is 0.347 e. The third-order valence-corrected chi connectivity index (χ3v) is 5.38.